The molecular weight excluding hydrogens is 366 g/mol. The van der Waals surface area contributed by atoms with E-state index in [4.69, 9.17) is 16.4 Å². The maximum atomic E-state index is 11.9. The first kappa shape index (κ1) is 18.8. The van der Waals surface area contributed by atoms with Crippen molar-refractivity contribution in [2.24, 2.45) is 28.6 Å². The Labute approximate surface area is 165 Å². The quantitative estimate of drug-likeness (QED) is 0.390. The van der Waals surface area contributed by atoms with E-state index in [0.717, 1.165) is 38.5 Å². The van der Waals surface area contributed by atoms with Gasteiger partial charge in [-0.1, -0.05) is 25.3 Å². The van der Waals surface area contributed by atoms with Crippen molar-refractivity contribution in [2.45, 2.75) is 70.8 Å². The Bertz CT molecular complexity index is 783. The normalized spacial score (nSPS) is 45.5. The molecule has 0 aromatic rings. The highest BCUT2D eigenvalue weighted by atomic mass is 35.5. The van der Waals surface area contributed by atoms with Crippen LogP contribution < -0.4 is 0 Å². The number of rotatable bonds is 2. The summed E-state index contributed by atoms with van der Waals surface area (Å²) in [5.74, 6) is 4.51. The number of allylic oxidation sites excluding steroid dienone is 1. The molecule has 0 aromatic carbocycles. The van der Waals surface area contributed by atoms with Gasteiger partial charge < -0.3 is 0 Å². The molecule has 0 N–H and O–H groups in total. The Hall–Kier alpha value is -1.54. The van der Waals surface area contributed by atoms with Gasteiger partial charge in [0.25, 0.3) is 5.09 Å². The minimum Gasteiger partial charge on any atom is -0.295 e. The largest absolute Gasteiger partial charge is 0.296 e. The molecule has 0 bridgehead atoms. The standard InChI is InChI=1S/C21H26ClNO4/c1-19-8-5-15(24)13-14(19)3-4-16-17(19)6-9-20(2)18(16)7-10-21(20,11-12-22)27-23(25)26/h13,16-18H,3-10H2,1-2H3/t16-,17-,18+,19+,20+,21?/m1/s1. The third-order valence-electron chi connectivity index (χ3n) is 8.56. The molecule has 0 saturated heterocycles. The molecular formula is C21H26ClNO4. The van der Waals surface area contributed by atoms with Crippen LogP contribution in [0.25, 0.3) is 0 Å². The van der Waals surface area contributed by atoms with Gasteiger partial charge >= 0.3 is 0 Å². The molecule has 4 aliphatic rings. The van der Waals surface area contributed by atoms with Gasteiger partial charge in [-0.05, 0) is 85.8 Å². The third kappa shape index (κ3) is 2.56. The fourth-order valence-electron chi connectivity index (χ4n) is 7.14. The topological polar surface area (TPSA) is 69.4 Å². The predicted octanol–water partition coefficient (Wildman–Crippen LogP) is 4.67. The zero-order valence-electron chi connectivity index (χ0n) is 15.9. The van der Waals surface area contributed by atoms with Crippen LogP contribution in [-0.4, -0.2) is 16.5 Å². The van der Waals surface area contributed by atoms with Gasteiger partial charge in [-0.15, -0.1) is 10.1 Å². The van der Waals surface area contributed by atoms with E-state index < -0.39 is 10.7 Å². The smallest absolute Gasteiger partial charge is 0.295 e. The summed E-state index contributed by atoms with van der Waals surface area (Å²) in [5, 5.41) is 12.9. The molecule has 3 fully saturated rings. The van der Waals surface area contributed by atoms with E-state index in [9.17, 15) is 14.9 Å². The Morgan fingerprint density at radius 3 is 2.63 bits per heavy atom. The molecule has 4 aliphatic carbocycles. The van der Waals surface area contributed by atoms with Gasteiger partial charge in [-0.2, -0.15) is 0 Å². The van der Waals surface area contributed by atoms with Gasteiger partial charge in [0.15, 0.2) is 11.4 Å². The van der Waals surface area contributed by atoms with Gasteiger partial charge in [-0.3, -0.25) is 9.63 Å². The summed E-state index contributed by atoms with van der Waals surface area (Å²) >= 11 is 5.71. The van der Waals surface area contributed by atoms with Crippen LogP contribution in [0, 0.1) is 50.0 Å². The van der Waals surface area contributed by atoms with Crippen LogP contribution >= 0.6 is 11.6 Å². The summed E-state index contributed by atoms with van der Waals surface area (Å²) in [7, 11) is 0. The van der Waals surface area contributed by atoms with Crippen LogP contribution in [0.1, 0.15) is 65.2 Å². The van der Waals surface area contributed by atoms with Crippen LogP contribution in [0.15, 0.2) is 11.6 Å². The average molecular weight is 392 g/mol. The highest BCUT2D eigenvalue weighted by Crippen LogP contribution is 2.68. The Balaban J connectivity index is 1.70. The van der Waals surface area contributed by atoms with Crippen LogP contribution in [-0.2, 0) is 9.63 Å². The van der Waals surface area contributed by atoms with Gasteiger partial charge in [-0.25, -0.2) is 0 Å². The molecule has 6 atom stereocenters. The Morgan fingerprint density at radius 1 is 1.19 bits per heavy atom. The maximum absolute atomic E-state index is 11.9. The first-order valence-corrected chi connectivity index (χ1v) is 10.3. The van der Waals surface area contributed by atoms with E-state index >= 15 is 0 Å². The highest BCUT2D eigenvalue weighted by molar-refractivity contribution is 6.30. The van der Waals surface area contributed by atoms with Crippen molar-refractivity contribution in [3.05, 3.63) is 21.8 Å². The summed E-state index contributed by atoms with van der Waals surface area (Å²) in [6.07, 6.45) is 8.74. The molecule has 1 unspecified atom stereocenters. The molecule has 0 aromatic heterocycles. The lowest BCUT2D eigenvalue weighted by molar-refractivity contribution is -0.781. The van der Waals surface area contributed by atoms with Crippen LogP contribution in [0.2, 0.25) is 0 Å². The number of carbonyl (C=O) groups is 1. The molecule has 5 nitrogen and oxygen atoms in total. The fraction of sp³-hybridized carbons (Fsp3) is 0.762. The summed E-state index contributed by atoms with van der Waals surface area (Å²) in [5.41, 5.74) is -0.0561. The minimum absolute atomic E-state index is 0.0888. The van der Waals surface area contributed by atoms with E-state index in [1.54, 1.807) is 0 Å². The first-order chi connectivity index (χ1) is 12.8. The lowest BCUT2D eigenvalue weighted by Gasteiger charge is -2.58. The lowest BCUT2D eigenvalue weighted by atomic mass is 9.46. The second-order valence-corrected chi connectivity index (χ2v) is 9.51. The zero-order valence-corrected chi connectivity index (χ0v) is 16.7. The zero-order chi connectivity index (χ0) is 19.4. The number of fused-ring (bicyclic) bond motifs is 5. The molecule has 0 radical (unpaired) electrons. The second kappa shape index (κ2) is 6.24. The minimum atomic E-state index is -1.10. The summed E-state index contributed by atoms with van der Waals surface area (Å²) in [6.45, 7) is 4.45. The fourth-order valence-corrected chi connectivity index (χ4v) is 7.29. The van der Waals surface area contributed by atoms with Crippen molar-refractivity contribution in [2.75, 3.05) is 0 Å². The van der Waals surface area contributed by atoms with Crippen molar-refractivity contribution in [3.8, 4) is 11.3 Å². The number of nitrogens with zero attached hydrogens (tertiary/aromatic N) is 1. The molecule has 0 heterocycles. The van der Waals surface area contributed by atoms with Crippen molar-refractivity contribution in [1.82, 2.24) is 0 Å². The second-order valence-electron chi connectivity index (χ2n) is 9.33. The van der Waals surface area contributed by atoms with E-state index in [-0.39, 0.29) is 16.6 Å². The maximum Gasteiger partial charge on any atom is 0.296 e. The summed E-state index contributed by atoms with van der Waals surface area (Å²) < 4.78 is 0. The van der Waals surface area contributed by atoms with Crippen LogP contribution in [0.4, 0.5) is 0 Å². The van der Waals surface area contributed by atoms with E-state index in [1.165, 1.54) is 5.57 Å². The van der Waals surface area contributed by atoms with Gasteiger partial charge in [0.2, 0.25) is 0 Å². The van der Waals surface area contributed by atoms with Gasteiger partial charge in [0, 0.05) is 17.2 Å². The summed E-state index contributed by atoms with van der Waals surface area (Å²) in [4.78, 5) is 28.4. The molecule has 0 amide bonds. The van der Waals surface area contributed by atoms with Crippen LogP contribution in [0.5, 0.6) is 0 Å². The van der Waals surface area contributed by atoms with Crippen molar-refractivity contribution >= 4 is 17.4 Å². The molecule has 146 valence electrons. The Morgan fingerprint density at radius 2 is 1.93 bits per heavy atom. The van der Waals surface area contributed by atoms with E-state index in [0.29, 0.717) is 30.6 Å². The number of carbonyl (C=O) groups excluding carboxylic acids is 1. The number of halogens is 1. The number of hydrogen-bond acceptors (Lipinski definition) is 4. The third-order valence-corrected chi connectivity index (χ3v) is 8.66. The molecule has 3 saturated carbocycles. The average Bonchev–Trinajstić information content (AvgIpc) is 2.88. The number of hydrogen-bond donors (Lipinski definition) is 0. The van der Waals surface area contributed by atoms with Crippen molar-refractivity contribution in [3.63, 3.8) is 0 Å². The Kier molecular flexibility index (Phi) is 4.34. The molecule has 27 heavy (non-hydrogen) atoms. The van der Waals surface area contributed by atoms with Crippen LogP contribution in [0.3, 0.4) is 0 Å². The molecule has 0 spiro atoms. The SMILES string of the molecule is C[C@]12CCC(=O)C=C1CC[C@@H]1[C@H]2CC[C@@]2(C)[C@H]1CCC2(C#CCl)O[N+](=O)[O-]. The highest BCUT2D eigenvalue weighted by Gasteiger charge is 2.65. The molecule has 6 heteroatoms. The predicted molar refractivity (Wildman–Crippen MR) is 101 cm³/mol. The first-order valence-electron chi connectivity index (χ1n) is 9.96. The summed E-state index contributed by atoms with van der Waals surface area (Å²) in [6, 6.07) is 0. The lowest BCUT2D eigenvalue weighted by Crippen LogP contribution is -2.55. The van der Waals surface area contributed by atoms with Crippen molar-refractivity contribution in [1.29, 1.82) is 0 Å². The number of ketones is 1. The monoisotopic (exact) mass is 391 g/mol. The van der Waals surface area contributed by atoms with Gasteiger partial charge in [0.1, 0.15) is 0 Å². The molecule has 4 rings (SSSR count). The van der Waals surface area contributed by atoms with Crippen molar-refractivity contribution < 1.29 is 14.7 Å². The molecule has 0 aliphatic heterocycles. The van der Waals surface area contributed by atoms with E-state index in [2.05, 4.69) is 25.1 Å². The van der Waals surface area contributed by atoms with E-state index in [1.807, 2.05) is 6.08 Å². The van der Waals surface area contributed by atoms with Gasteiger partial charge in [0.05, 0.1) is 0 Å².